The maximum atomic E-state index is 5.38. The first-order chi connectivity index (χ1) is 8.63. The molecule has 0 spiro atoms. The van der Waals surface area contributed by atoms with Crippen LogP contribution in [0, 0.1) is 11.7 Å². The van der Waals surface area contributed by atoms with Gasteiger partial charge in [0.1, 0.15) is 0 Å². The number of hydrogen-bond donors (Lipinski definition) is 1. The number of aromatic amines is 1. The minimum atomic E-state index is 0.746. The molecule has 0 bridgehead atoms. The predicted octanol–water partition coefficient (Wildman–Crippen LogP) is 2.79. The number of rotatable bonds is 2. The summed E-state index contributed by atoms with van der Waals surface area (Å²) in [6.07, 6.45) is 3.88. The Labute approximate surface area is 110 Å². The van der Waals surface area contributed by atoms with Gasteiger partial charge in [0.15, 0.2) is 4.77 Å². The number of imidazole rings is 1. The van der Waals surface area contributed by atoms with Gasteiger partial charge in [0.2, 0.25) is 0 Å². The molecule has 3 aromatic rings. The highest BCUT2D eigenvalue weighted by atomic mass is 32.1. The summed E-state index contributed by atoms with van der Waals surface area (Å²) in [5, 5.41) is 4.18. The smallest absolute Gasteiger partial charge is 0.178 e. The van der Waals surface area contributed by atoms with Crippen molar-refractivity contribution in [3.63, 3.8) is 0 Å². The maximum Gasteiger partial charge on any atom is 0.178 e. The van der Waals surface area contributed by atoms with Crippen molar-refractivity contribution in [1.29, 1.82) is 0 Å². The van der Waals surface area contributed by atoms with E-state index in [-0.39, 0.29) is 0 Å². The first-order valence-electron chi connectivity index (χ1n) is 5.80. The van der Waals surface area contributed by atoms with Gasteiger partial charge < -0.3 is 9.55 Å². The Hall–Kier alpha value is -1.88. The van der Waals surface area contributed by atoms with Gasteiger partial charge >= 0.3 is 0 Å². The molecule has 0 atom stereocenters. The van der Waals surface area contributed by atoms with Gasteiger partial charge in [-0.2, -0.15) is 5.10 Å². The van der Waals surface area contributed by atoms with E-state index < -0.39 is 0 Å². The third-order valence-electron chi connectivity index (χ3n) is 3.03. The molecule has 3 rings (SSSR count). The molecule has 0 aliphatic rings. The number of H-pyrrole nitrogens is 1. The normalized spacial score (nSPS) is 11.2. The highest BCUT2D eigenvalue weighted by Crippen LogP contribution is 2.17. The quantitative estimate of drug-likeness (QED) is 0.718. The van der Waals surface area contributed by atoms with Crippen LogP contribution in [0.15, 0.2) is 30.6 Å². The summed E-state index contributed by atoms with van der Waals surface area (Å²) >= 11 is 5.38. The summed E-state index contributed by atoms with van der Waals surface area (Å²) in [5.41, 5.74) is 4.60. The van der Waals surface area contributed by atoms with Gasteiger partial charge in [0.05, 0.1) is 23.8 Å². The van der Waals surface area contributed by atoms with E-state index in [1.54, 1.807) is 4.68 Å². The van der Waals surface area contributed by atoms with E-state index in [0.717, 1.165) is 27.9 Å². The number of benzene rings is 1. The lowest BCUT2D eigenvalue weighted by atomic mass is 10.2. The van der Waals surface area contributed by atoms with Crippen molar-refractivity contribution >= 4 is 23.3 Å². The van der Waals surface area contributed by atoms with Gasteiger partial charge in [-0.3, -0.25) is 4.68 Å². The van der Waals surface area contributed by atoms with Gasteiger partial charge in [0.25, 0.3) is 0 Å². The Balaban J connectivity index is 2.11. The van der Waals surface area contributed by atoms with Crippen molar-refractivity contribution in [3.8, 4) is 0 Å². The predicted molar refractivity (Wildman–Crippen MR) is 74.2 cm³/mol. The van der Waals surface area contributed by atoms with Crippen LogP contribution in [0.25, 0.3) is 11.0 Å². The molecule has 1 N–H and O–H groups in total. The average molecular weight is 258 g/mol. The van der Waals surface area contributed by atoms with Crippen LogP contribution in [0.5, 0.6) is 0 Å². The summed E-state index contributed by atoms with van der Waals surface area (Å²) in [7, 11) is 1.92. The van der Waals surface area contributed by atoms with E-state index in [1.165, 1.54) is 5.56 Å². The van der Waals surface area contributed by atoms with Crippen LogP contribution < -0.4 is 0 Å². The van der Waals surface area contributed by atoms with Crippen LogP contribution in [-0.4, -0.2) is 19.3 Å². The highest BCUT2D eigenvalue weighted by Gasteiger charge is 2.06. The fourth-order valence-corrected chi connectivity index (χ4v) is 2.44. The minimum Gasteiger partial charge on any atom is -0.331 e. The molecule has 1 aromatic carbocycles. The molecule has 0 amide bonds. The zero-order valence-corrected chi connectivity index (χ0v) is 11.2. The minimum absolute atomic E-state index is 0.746. The Morgan fingerprint density at radius 3 is 2.94 bits per heavy atom. The van der Waals surface area contributed by atoms with Crippen molar-refractivity contribution in [2.75, 3.05) is 0 Å². The van der Waals surface area contributed by atoms with E-state index in [1.807, 2.05) is 19.4 Å². The van der Waals surface area contributed by atoms with Gasteiger partial charge in [-0.05, 0) is 36.8 Å². The summed E-state index contributed by atoms with van der Waals surface area (Å²) in [5.74, 6) is 0. The zero-order chi connectivity index (χ0) is 12.7. The van der Waals surface area contributed by atoms with E-state index in [9.17, 15) is 0 Å². The third kappa shape index (κ3) is 1.86. The zero-order valence-electron chi connectivity index (χ0n) is 10.3. The SMILES string of the molecule is Cc1ccc2c(c1)[nH]c(=S)n2Cc1cnn(C)c1. The summed E-state index contributed by atoms with van der Waals surface area (Å²) in [6, 6.07) is 6.32. The van der Waals surface area contributed by atoms with Crippen LogP contribution in [-0.2, 0) is 13.6 Å². The lowest BCUT2D eigenvalue weighted by Crippen LogP contribution is -1.98. The number of nitrogens with zero attached hydrogens (tertiary/aromatic N) is 3. The van der Waals surface area contributed by atoms with Crippen LogP contribution in [0.1, 0.15) is 11.1 Å². The van der Waals surface area contributed by atoms with Gasteiger partial charge in [-0.1, -0.05) is 6.07 Å². The molecule has 0 radical (unpaired) electrons. The van der Waals surface area contributed by atoms with E-state index in [4.69, 9.17) is 12.2 Å². The van der Waals surface area contributed by atoms with E-state index in [2.05, 4.69) is 39.8 Å². The third-order valence-corrected chi connectivity index (χ3v) is 3.35. The largest absolute Gasteiger partial charge is 0.331 e. The van der Waals surface area contributed by atoms with E-state index in [0.29, 0.717) is 0 Å². The maximum absolute atomic E-state index is 5.38. The second kappa shape index (κ2) is 4.10. The Morgan fingerprint density at radius 2 is 2.22 bits per heavy atom. The first kappa shape index (κ1) is 11.2. The summed E-state index contributed by atoms with van der Waals surface area (Å²) in [4.78, 5) is 3.25. The molecular weight excluding hydrogens is 244 g/mol. The Bertz CT molecular complexity index is 763. The van der Waals surface area contributed by atoms with Gasteiger partial charge in [0, 0.05) is 18.8 Å². The second-order valence-electron chi connectivity index (χ2n) is 4.56. The number of fused-ring (bicyclic) bond motifs is 1. The Kier molecular flexibility index (Phi) is 2.56. The van der Waals surface area contributed by atoms with Crippen LogP contribution in [0.3, 0.4) is 0 Å². The molecule has 4 nitrogen and oxygen atoms in total. The molecule has 2 heterocycles. The molecule has 18 heavy (non-hydrogen) atoms. The fraction of sp³-hybridized carbons (Fsp3) is 0.231. The number of aromatic nitrogens is 4. The molecule has 0 unspecified atom stereocenters. The molecule has 0 aliphatic carbocycles. The molecule has 0 saturated carbocycles. The molecular formula is C13H14N4S. The standard InChI is InChI=1S/C13H14N4S/c1-9-3-4-12-11(5-9)15-13(18)17(12)8-10-6-14-16(2)7-10/h3-7H,8H2,1-2H3,(H,15,18). The van der Waals surface area contributed by atoms with Crippen molar-refractivity contribution in [1.82, 2.24) is 19.3 Å². The van der Waals surface area contributed by atoms with Crippen molar-refractivity contribution < 1.29 is 0 Å². The molecule has 5 heteroatoms. The fourth-order valence-electron chi connectivity index (χ4n) is 2.17. The first-order valence-corrected chi connectivity index (χ1v) is 6.21. The number of nitrogens with one attached hydrogen (secondary N) is 1. The molecule has 2 aromatic heterocycles. The van der Waals surface area contributed by atoms with Crippen molar-refractivity contribution in [2.24, 2.45) is 7.05 Å². The molecule has 0 saturated heterocycles. The lowest BCUT2D eigenvalue weighted by Gasteiger charge is -2.02. The van der Waals surface area contributed by atoms with Crippen LogP contribution >= 0.6 is 12.2 Å². The second-order valence-corrected chi connectivity index (χ2v) is 4.95. The lowest BCUT2D eigenvalue weighted by molar-refractivity contribution is 0.763. The summed E-state index contributed by atoms with van der Waals surface area (Å²) < 4.78 is 4.65. The molecule has 92 valence electrons. The monoisotopic (exact) mass is 258 g/mol. The van der Waals surface area contributed by atoms with Crippen molar-refractivity contribution in [2.45, 2.75) is 13.5 Å². The number of hydrogen-bond acceptors (Lipinski definition) is 2. The van der Waals surface area contributed by atoms with Crippen molar-refractivity contribution in [3.05, 3.63) is 46.5 Å². The number of aryl methyl sites for hydroxylation is 2. The van der Waals surface area contributed by atoms with Gasteiger partial charge in [-0.15, -0.1) is 0 Å². The molecule has 0 aliphatic heterocycles. The van der Waals surface area contributed by atoms with Crippen LogP contribution in [0.2, 0.25) is 0 Å². The Morgan fingerprint density at radius 1 is 1.39 bits per heavy atom. The topological polar surface area (TPSA) is 38.5 Å². The highest BCUT2D eigenvalue weighted by molar-refractivity contribution is 7.71. The van der Waals surface area contributed by atoms with E-state index >= 15 is 0 Å². The average Bonchev–Trinajstić information content (AvgIpc) is 2.84. The summed E-state index contributed by atoms with van der Waals surface area (Å²) in [6.45, 7) is 2.82. The van der Waals surface area contributed by atoms with Crippen LogP contribution in [0.4, 0.5) is 0 Å². The molecule has 0 fully saturated rings. The van der Waals surface area contributed by atoms with Gasteiger partial charge in [-0.25, -0.2) is 0 Å².